The second-order valence-electron chi connectivity index (χ2n) is 5.46. The Hall–Kier alpha value is -1.01. The van der Waals surface area contributed by atoms with Crippen LogP contribution in [0.2, 0.25) is 10.0 Å². The number of anilines is 1. The number of rotatable bonds is 3. The SMILES string of the molecule is CN1CCN(C)C(CNC(=O)c2cc(Cl)c(N)c(Cl)c2)C1. The number of likely N-dealkylation sites (N-methyl/N-ethyl adjacent to an activating group) is 2. The molecule has 1 saturated heterocycles. The van der Waals surface area contributed by atoms with Gasteiger partial charge in [-0.2, -0.15) is 0 Å². The average molecular weight is 331 g/mol. The van der Waals surface area contributed by atoms with Gasteiger partial charge >= 0.3 is 0 Å². The number of hydrogen-bond acceptors (Lipinski definition) is 4. The number of carbonyl (C=O) groups is 1. The molecule has 1 aliphatic rings. The lowest BCUT2D eigenvalue weighted by Gasteiger charge is -2.37. The molecular weight excluding hydrogens is 311 g/mol. The molecule has 1 unspecified atom stereocenters. The average Bonchev–Trinajstić information content (AvgIpc) is 2.44. The van der Waals surface area contributed by atoms with Crippen molar-refractivity contribution in [3.05, 3.63) is 27.7 Å². The second-order valence-corrected chi connectivity index (χ2v) is 6.27. The van der Waals surface area contributed by atoms with Crippen LogP contribution in [-0.2, 0) is 0 Å². The maximum atomic E-state index is 12.2. The number of hydrogen-bond donors (Lipinski definition) is 2. The van der Waals surface area contributed by atoms with Gasteiger partial charge in [0.05, 0.1) is 15.7 Å². The van der Waals surface area contributed by atoms with Crippen LogP contribution in [0.15, 0.2) is 12.1 Å². The first-order chi connectivity index (χ1) is 9.88. The van der Waals surface area contributed by atoms with E-state index in [1.54, 1.807) is 0 Å². The van der Waals surface area contributed by atoms with Crippen molar-refractivity contribution in [2.24, 2.45) is 0 Å². The summed E-state index contributed by atoms with van der Waals surface area (Å²) in [6.45, 7) is 3.56. The number of benzene rings is 1. The summed E-state index contributed by atoms with van der Waals surface area (Å²) in [5, 5.41) is 3.52. The first-order valence-electron chi connectivity index (χ1n) is 6.80. The van der Waals surface area contributed by atoms with Gasteiger partial charge in [-0.15, -0.1) is 0 Å². The minimum absolute atomic E-state index is 0.194. The summed E-state index contributed by atoms with van der Waals surface area (Å²) in [5.74, 6) is -0.194. The van der Waals surface area contributed by atoms with Crippen molar-refractivity contribution in [3.8, 4) is 0 Å². The lowest BCUT2D eigenvalue weighted by molar-refractivity contribution is 0.0881. The zero-order valence-corrected chi connectivity index (χ0v) is 13.7. The van der Waals surface area contributed by atoms with E-state index in [1.807, 2.05) is 0 Å². The third kappa shape index (κ3) is 4.01. The van der Waals surface area contributed by atoms with E-state index in [-0.39, 0.29) is 5.91 Å². The van der Waals surface area contributed by atoms with Crippen molar-refractivity contribution in [2.45, 2.75) is 6.04 Å². The van der Waals surface area contributed by atoms with Crippen LogP contribution in [0.3, 0.4) is 0 Å². The van der Waals surface area contributed by atoms with Gasteiger partial charge in [-0.25, -0.2) is 0 Å². The summed E-state index contributed by atoms with van der Waals surface area (Å²) in [6, 6.07) is 3.37. The molecule has 7 heteroatoms. The molecule has 0 spiro atoms. The van der Waals surface area contributed by atoms with Gasteiger partial charge in [0.1, 0.15) is 0 Å². The van der Waals surface area contributed by atoms with E-state index in [2.05, 4.69) is 29.2 Å². The van der Waals surface area contributed by atoms with Crippen molar-refractivity contribution >= 4 is 34.8 Å². The van der Waals surface area contributed by atoms with Crippen molar-refractivity contribution < 1.29 is 4.79 Å². The molecule has 1 heterocycles. The molecule has 21 heavy (non-hydrogen) atoms. The molecule has 1 aromatic rings. The van der Waals surface area contributed by atoms with Crippen LogP contribution in [0.25, 0.3) is 0 Å². The van der Waals surface area contributed by atoms with E-state index in [0.717, 1.165) is 19.6 Å². The van der Waals surface area contributed by atoms with Crippen molar-refractivity contribution in [1.82, 2.24) is 15.1 Å². The maximum absolute atomic E-state index is 12.2. The Labute approximate surface area is 135 Å². The number of nitrogens with one attached hydrogen (secondary N) is 1. The maximum Gasteiger partial charge on any atom is 0.251 e. The second kappa shape index (κ2) is 6.83. The topological polar surface area (TPSA) is 61.6 Å². The molecule has 3 N–H and O–H groups in total. The molecule has 1 fully saturated rings. The van der Waals surface area contributed by atoms with E-state index < -0.39 is 0 Å². The van der Waals surface area contributed by atoms with Crippen LogP contribution in [0, 0.1) is 0 Å². The third-order valence-electron chi connectivity index (χ3n) is 3.82. The predicted molar refractivity (Wildman–Crippen MR) is 87.1 cm³/mol. The summed E-state index contributed by atoms with van der Waals surface area (Å²) >= 11 is 11.9. The summed E-state index contributed by atoms with van der Waals surface area (Å²) in [7, 11) is 4.15. The highest BCUT2D eigenvalue weighted by atomic mass is 35.5. The van der Waals surface area contributed by atoms with E-state index >= 15 is 0 Å². The molecule has 0 aliphatic carbocycles. The van der Waals surface area contributed by atoms with E-state index in [9.17, 15) is 4.79 Å². The molecule has 1 aromatic carbocycles. The fraction of sp³-hybridized carbons (Fsp3) is 0.500. The quantitative estimate of drug-likeness (QED) is 0.825. The highest BCUT2D eigenvalue weighted by molar-refractivity contribution is 6.39. The number of amides is 1. The molecule has 0 saturated carbocycles. The first kappa shape index (κ1) is 16.4. The van der Waals surface area contributed by atoms with Gasteiger partial charge in [-0.05, 0) is 26.2 Å². The van der Waals surface area contributed by atoms with Crippen LogP contribution in [0.1, 0.15) is 10.4 Å². The minimum atomic E-state index is -0.194. The molecular formula is C14H20Cl2N4O. The summed E-state index contributed by atoms with van der Waals surface area (Å²) < 4.78 is 0. The number of nitrogen functional groups attached to an aromatic ring is 1. The van der Waals surface area contributed by atoms with Gasteiger partial charge in [0.2, 0.25) is 0 Å². The van der Waals surface area contributed by atoms with Crippen molar-refractivity contribution in [2.75, 3.05) is 46.0 Å². The largest absolute Gasteiger partial charge is 0.396 e. The molecule has 0 bridgehead atoms. The Kier molecular flexibility index (Phi) is 5.32. The monoisotopic (exact) mass is 330 g/mol. The fourth-order valence-corrected chi connectivity index (χ4v) is 2.84. The Morgan fingerprint density at radius 3 is 2.57 bits per heavy atom. The van der Waals surface area contributed by atoms with Crippen LogP contribution in [0.4, 0.5) is 5.69 Å². The van der Waals surface area contributed by atoms with Gasteiger partial charge in [-0.3, -0.25) is 9.69 Å². The molecule has 1 amide bonds. The highest BCUT2D eigenvalue weighted by Gasteiger charge is 2.22. The Morgan fingerprint density at radius 2 is 1.95 bits per heavy atom. The van der Waals surface area contributed by atoms with Crippen LogP contribution in [0.5, 0.6) is 0 Å². The van der Waals surface area contributed by atoms with Crippen LogP contribution in [-0.4, -0.2) is 62.0 Å². The zero-order valence-electron chi connectivity index (χ0n) is 12.2. The van der Waals surface area contributed by atoms with Gasteiger partial charge in [-0.1, -0.05) is 23.2 Å². The number of nitrogens with zero attached hydrogens (tertiary/aromatic N) is 2. The van der Waals surface area contributed by atoms with Gasteiger partial charge in [0, 0.05) is 37.8 Å². The Bertz CT molecular complexity index is 515. The first-order valence-corrected chi connectivity index (χ1v) is 7.55. The number of piperazine rings is 1. The number of nitrogens with two attached hydrogens (primary N) is 1. The van der Waals surface area contributed by atoms with E-state index in [1.165, 1.54) is 12.1 Å². The standard InChI is InChI=1S/C14H20Cl2N4O/c1-19-3-4-20(2)10(8-19)7-18-14(21)9-5-11(15)13(17)12(16)6-9/h5-6,10H,3-4,7-8,17H2,1-2H3,(H,18,21). The number of halogens is 2. The third-order valence-corrected chi connectivity index (χ3v) is 4.45. The summed E-state index contributed by atoms with van der Waals surface area (Å²) in [6.07, 6.45) is 0. The molecule has 0 radical (unpaired) electrons. The number of carbonyl (C=O) groups excluding carboxylic acids is 1. The summed E-state index contributed by atoms with van der Waals surface area (Å²) in [5.41, 5.74) is 6.38. The summed E-state index contributed by atoms with van der Waals surface area (Å²) in [4.78, 5) is 16.7. The van der Waals surface area contributed by atoms with E-state index in [0.29, 0.717) is 33.9 Å². The van der Waals surface area contributed by atoms with Crippen molar-refractivity contribution in [1.29, 1.82) is 0 Å². The molecule has 1 atom stereocenters. The Morgan fingerprint density at radius 1 is 1.33 bits per heavy atom. The molecule has 2 rings (SSSR count). The lowest BCUT2D eigenvalue weighted by Crippen LogP contribution is -2.54. The van der Waals surface area contributed by atoms with Gasteiger partial charge in [0.15, 0.2) is 0 Å². The van der Waals surface area contributed by atoms with Crippen LogP contribution >= 0.6 is 23.2 Å². The lowest BCUT2D eigenvalue weighted by atomic mass is 10.1. The van der Waals surface area contributed by atoms with E-state index in [4.69, 9.17) is 28.9 Å². The molecule has 1 aliphatic heterocycles. The normalized spacial score (nSPS) is 20.5. The minimum Gasteiger partial charge on any atom is -0.396 e. The molecule has 116 valence electrons. The zero-order chi connectivity index (χ0) is 15.6. The van der Waals surface area contributed by atoms with Gasteiger partial charge in [0.25, 0.3) is 5.91 Å². The predicted octanol–water partition coefficient (Wildman–Crippen LogP) is 1.55. The highest BCUT2D eigenvalue weighted by Crippen LogP contribution is 2.28. The van der Waals surface area contributed by atoms with Crippen molar-refractivity contribution in [3.63, 3.8) is 0 Å². The smallest absolute Gasteiger partial charge is 0.251 e. The molecule has 5 nitrogen and oxygen atoms in total. The van der Waals surface area contributed by atoms with Gasteiger partial charge < -0.3 is 16.0 Å². The Balaban J connectivity index is 1.98. The fourth-order valence-electron chi connectivity index (χ4n) is 2.35. The van der Waals surface area contributed by atoms with Crippen LogP contribution < -0.4 is 11.1 Å². The molecule has 0 aromatic heterocycles.